The monoisotopic (exact) mass is 360 g/mol. The molecule has 1 amide bonds. The zero-order valence-corrected chi connectivity index (χ0v) is 15.1. The van der Waals surface area contributed by atoms with Crippen molar-refractivity contribution in [1.29, 1.82) is 0 Å². The van der Waals surface area contributed by atoms with E-state index in [1.54, 1.807) is 31.2 Å². The number of ether oxygens (including phenoxy) is 1. The van der Waals surface area contributed by atoms with E-state index in [1.165, 1.54) is 24.5 Å². The Kier molecular flexibility index (Phi) is 4.43. The van der Waals surface area contributed by atoms with Crippen molar-refractivity contribution >= 4 is 21.6 Å². The molecular formula is C18H20N2O4S. The van der Waals surface area contributed by atoms with Gasteiger partial charge in [-0.3, -0.25) is 9.10 Å². The maximum absolute atomic E-state index is 13.3. The molecule has 0 bridgehead atoms. The normalized spacial score (nSPS) is 16.4. The number of likely N-dealkylation sites (N-methyl/N-ethyl adjacent to an activating group) is 1. The van der Waals surface area contributed by atoms with E-state index in [1.807, 2.05) is 12.1 Å². The molecule has 1 N–H and O–H groups in total. The number of hydrogen-bond donors (Lipinski definition) is 1. The van der Waals surface area contributed by atoms with Crippen molar-refractivity contribution in [2.24, 2.45) is 0 Å². The topological polar surface area (TPSA) is 75.7 Å². The number of para-hydroxylation sites is 1. The number of amides is 1. The minimum Gasteiger partial charge on any atom is -0.496 e. The molecule has 25 heavy (non-hydrogen) atoms. The number of aryl methyl sites for hydroxylation is 1. The average Bonchev–Trinajstić information content (AvgIpc) is 3.01. The van der Waals surface area contributed by atoms with E-state index in [0.29, 0.717) is 23.4 Å². The molecule has 1 aliphatic heterocycles. The fourth-order valence-corrected chi connectivity index (χ4v) is 4.88. The van der Waals surface area contributed by atoms with E-state index in [9.17, 15) is 13.2 Å². The minimum atomic E-state index is -3.89. The first kappa shape index (κ1) is 17.3. The van der Waals surface area contributed by atoms with Gasteiger partial charge in [-0.2, -0.15) is 0 Å². The Hall–Kier alpha value is -2.54. The van der Waals surface area contributed by atoms with Crippen LogP contribution in [0.15, 0.2) is 47.4 Å². The molecule has 0 spiro atoms. The molecule has 1 atom stereocenters. The summed E-state index contributed by atoms with van der Waals surface area (Å²) in [5, 5.41) is 2.56. The van der Waals surface area contributed by atoms with Gasteiger partial charge < -0.3 is 10.1 Å². The van der Waals surface area contributed by atoms with E-state index < -0.39 is 16.1 Å². The lowest BCUT2D eigenvalue weighted by Crippen LogP contribution is -2.47. The Bertz CT molecular complexity index is 924. The van der Waals surface area contributed by atoms with Crippen LogP contribution in [-0.2, 0) is 21.2 Å². The molecule has 0 aromatic heterocycles. The van der Waals surface area contributed by atoms with Gasteiger partial charge in [0, 0.05) is 13.5 Å². The van der Waals surface area contributed by atoms with Crippen molar-refractivity contribution in [3.05, 3.63) is 53.6 Å². The van der Waals surface area contributed by atoms with Crippen molar-refractivity contribution in [2.75, 3.05) is 18.5 Å². The Morgan fingerprint density at radius 2 is 1.96 bits per heavy atom. The van der Waals surface area contributed by atoms with Crippen LogP contribution in [0.4, 0.5) is 5.69 Å². The van der Waals surface area contributed by atoms with Gasteiger partial charge in [-0.05, 0) is 42.3 Å². The molecule has 1 aliphatic rings. The van der Waals surface area contributed by atoms with Crippen LogP contribution in [0, 0.1) is 6.92 Å². The standard InChI is InChI=1S/C18H20N2O4S/c1-12-10-14(8-9-17(12)24-3)25(22,23)20-15-7-5-4-6-13(15)11-16(20)18(21)19-2/h4-10,16H,11H2,1-3H3,(H,19,21). The molecule has 2 aromatic rings. The summed E-state index contributed by atoms with van der Waals surface area (Å²) in [4.78, 5) is 12.4. The molecule has 0 saturated heterocycles. The minimum absolute atomic E-state index is 0.136. The van der Waals surface area contributed by atoms with Gasteiger partial charge in [0.05, 0.1) is 17.7 Å². The Labute approximate surface area is 147 Å². The number of methoxy groups -OCH3 is 1. The van der Waals surface area contributed by atoms with Crippen LogP contribution >= 0.6 is 0 Å². The third-order valence-corrected chi connectivity index (χ3v) is 6.22. The molecule has 0 saturated carbocycles. The number of fused-ring (bicyclic) bond motifs is 1. The highest BCUT2D eigenvalue weighted by Crippen LogP contribution is 2.37. The third kappa shape index (κ3) is 2.84. The zero-order valence-electron chi connectivity index (χ0n) is 14.3. The molecule has 7 heteroatoms. The molecule has 0 aliphatic carbocycles. The van der Waals surface area contributed by atoms with Crippen molar-refractivity contribution in [1.82, 2.24) is 5.32 Å². The quantitative estimate of drug-likeness (QED) is 0.903. The van der Waals surface area contributed by atoms with Crippen molar-refractivity contribution < 1.29 is 17.9 Å². The zero-order chi connectivity index (χ0) is 18.2. The van der Waals surface area contributed by atoms with Crippen LogP contribution in [0.5, 0.6) is 5.75 Å². The van der Waals surface area contributed by atoms with Gasteiger partial charge in [0.2, 0.25) is 5.91 Å². The second kappa shape index (κ2) is 6.40. The first-order chi connectivity index (χ1) is 11.9. The summed E-state index contributed by atoms with van der Waals surface area (Å²) in [6.45, 7) is 1.78. The molecule has 1 heterocycles. The van der Waals surface area contributed by atoms with Crippen LogP contribution in [0.2, 0.25) is 0 Å². The van der Waals surface area contributed by atoms with E-state index in [-0.39, 0.29) is 10.8 Å². The van der Waals surface area contributed by atoms with Crippen LogP contribution in [-0.4, -0.2) is 34.5 Å². The van der Waals surface area contributed by atoms with Gasteiger partial charge in [0.1, 0.15) is 11.8 Å². The largest absolute Gasteiger partial charge is 0.496 e. The van der Waals surface area contributed by atoms with Gasteiger partial charge in [-0.15, -0.1) is 0 Å². The number of anilines is 1. The van der Waals surface area contributed by atoms with Gasteiger partial charge >= 0.3 is 0 Å². The second-order valence-electron chi connectivity index (χ2n) is 5.90. The Balaban J connectivity index is 2.13. The van der Waals surface area contributed by atoms with Crippen LogP contribution in [0.1, 0.15) is 11.1 Å². The number of carbonyl (C=O) groups is 1. The number of sulfonamides is 1. The molecule has 0 fully saturated rings. The summed E-state index contributed by atoms with van der Waals surface area (Å²) in [5.41, 5.74) is 2.10. The summed E-state index contributed by atoms with van der Waals surface area (Å²) < 4.78 is 33.0. The Morgan fingerprint density at radius 3 is 2.60 bits per heavy atom. The van der Waals surface area contributed by atoms with Gasteiger partial charge in [0.25, 0.3) is 10.0 Å². The molecule has 3 rings (SSSR count). The van der Waals surface area contributed by atoms with Crippen molar-refractivity contribution in [3.8, 4) is 5.75 Å². The number of nitrogens with zero attached hydrogens (tertiary/aromatic N) is 1. The highest BCUT2D eigenvalue weighted by atomic mass is 32.2. The number of carbonyl (C=O) groups excluding carboxylic acids is 1. The van der Waals surface area contributed by atoms with E-state index in [4.69, 9.17) is 4.74 Å². The van der Waals surface area contributed by atoms with Gasteiger partial charge in [-0.1, -0.05) is 18.2 Å². The molecule has 132 valence electrons. The van der Waals surface area contributed by atoms with Crippen molar-refractivity contribution in [3.63, 3.8) is 0 Å². The number of nitrogens with one attached hydrogen (secondary N) is 1. The SMILES string of the molecule is CNC(=O)C1Cc2ccccc2N1S(=O)(=O)c1ccc(OC)c(C)c1. The Morgan fingerprint density at radius 1 is 1.24 bits per heavy atom. The summed E-state index contributed by atoms with van der Waals surface area (Å²) in [6.07, 6.45) is 0.351. The van der Waals surface area contributed by atoms with Crippen LogP contribution in [0.3, 0.4) is 0 Å². The highest BCUT2D eigenvalue weighted by molar-refractivity contribution is 7.93. The summed E-state index contributed by atoms with van der Waals surface area (Å²) in [5.74, 6) is 0.286. The lowest BCUT2D eigenvalue weighted by atomic mass is 10.1. The third-order valence-electron chi connectivity index (χ3n) is 4.40. The van der Waals surface area contributed by atoms with Crippen LogP contribution < -0.4 is 14.4 Å². The predicted molar refractivity (Wildman–Crippen MR) is 95.4 cm³/mol. The predicted octanol–water partition coefficient (Wildman–Crippen LogP) is 1.87. The van der Waals surface area contributed by atoms with Gasteiger partial charge in [0.15, 0.2) is 0 Å². The lowest BCUT2D eigenvalue weighted by Gasteiger charge is -2.26. The summed E-state index contributed by atoms with van der Waals surface area (Å²) in [7, 11) is -0.843. The first-order valence-corrected chi connectivity index (χ1v) is 9.32. The molecule has 2 aromatic carbocycles. The molecular weight excluding hydrogens is 340 g/mol. The van der Waals surface area contributed by atoms with Gasteiger partial charge in [-0.25, -0.2) is 8.42 Å². The molecule has 0 radical (unpaired) electrons. The van der Waals surface area contributed by atoms with E-state index >= 15 is 0 Å². The lowest BCUT2D eigenvalue weighted by molar-refractivity contribution is -0.121. The second-order valence-corrected chi connectivity index (χ2v) is 7.71. The first-order valence-electron chi connectivity index (χ1n) is 7.88. The fourth-order valence-electron chi connectivity index (χ4n) is 3.15. The molecule has 1 unspecified atom stereocenters. The molecule has 6 nitrogen and oxygen atoms in total. The number of benzene rings is 2. The number of hydrogen-bond acceptors (Lipinski definition) is 4. The summed E-state index contributed by atoms with van der Waals surface area (Å²) >= 11 is 0. The summed E-state index contributed by atoms with van der Waals surface area (Å²) in [6, 6.07) is 11.1. The van der Waals surface area contributed by atoms with E-state index in [2.05, 4.69) is 5.32 Å². The van der Waals surface area contributed by atoms with Crippen molar-refractivity contribution in [2.45, 2.75) is 24.3 Å². The fraction of sp³-hybridized carbons (Fsp3) is 0.278. The van der Waals surface area contributed by atoms with E-state index in [0.717, 1.165) is 5.56 Å². The maximum Gasteiger partial charge on any atom is 0.265 e. The smallest absolute Gasteiger partial charge is 0.265 e. The average molecular weight is 360 g/mol. The van der Waals surface area contributed by atoms with Crippen LogP contribution in [0.25, 0.3) is 0 Å². The highest BCUT2D eigenvalue weighted by Gasteiger charge is 2.41. The maximum atomic E-state index is 13.3. The number of rotatable bonds is 4.